The van der Waals surface area contributed by atoms with Gasteiger partial charge in [0.25, 0.3) is 0 Å². The summed E-state index contributed by atoms with van der Waals surface area (Å²) in [6.45, 7) is 2.00. The number of benzene rings is 1. The second kappa shape index (κ2) is 4.55. The maximum atomic E-state index is 13.2. The van der Waals surface area contributed by atoms with E-state index in [0.717, 1.165) is 17.7 Å². The lowest BCUT2D eigenvalue weighted by Gasteiger charge is -2.07. The van der Waals surface area contributed by atoms with Crippen LogP contribution in [0.2, 0.25) is 0 Å². The van der Waals surface area contributed by atoms with Gasteiger partial charge in [0, 0.05) is 17.4 Å². The van der Waals surface area contributed by atoms with Gasteiger partial charge in [0.15, 0.2) is 0 Å². The van der Waals surface area contributed by atoms with Crippen LogP contribution in [0.1, 0.15) is 30.0 Å². The molecule has 0 saturated carbocycles. The van der Waals surface area contributed by atoms with E-state index in [2.05, 4.69) is 0 Å². The van der Waals surface area contributed by atoms with E-state index in [0.29, 0.717) is 16.7 Å². The maximum Gasteiger partial charge on any atom is 0.134 e. The normalized spacial score (nSPS) is 13.0. The average molecular weight is 259 g/mol. The van der Waals surface area contributed by atoms with E-state index in [1.165, 1.54) is 12.1 Å². The smallest absolute Gasteiger partial charge is 0.134 e. The number of hydrogen-bond donors (Lipinski definition) is 1. The molecule has 0 aliphatic rings. The van der Waals surface area contributed by atoms with Crippen LogP contribution in [-0.2, 0) is 6.42 Å². The first kappa shape index (κ1) is 12.0. The summed E-state index contributed by atoms with van der Waals surface area (Å²) in [4.78, 5) is 0. The molecule has 0 radical (unpaired) electrons. The quantitative estimate of drug-likeness (QED) is 0.778. The van der Waals surface area contributed by atoms with Crippen LogP contribution < -0.4 is 5.73 Å². The van der Waals surface area contributed by atoms with Crippen LogP contribution >= 0.6 is 0 Å². The van der Waals surface area contributed by atoms with Gasteiger partial charge in [-0.15, -0.1) is 0 Å². The molecule has 3 nitrogen and oxygen atoms in total. The Balaban J connectivity index is 2.04. The highest BCUT2D eigenvalue weighted by Crippen LogP contribution is 2.29. The zero-order chi connectivity index (χ0) is 13.4. The molecule has 1 atom stereocenters. The third-order valence-electron chi connectivity index (χ3n) is 3.24. The molecule has 0 saturated heterocycles. The first-order chi connectivity index (χ1) is 9.19. The zero-order valence-electron chi connectivity index (χ0n) is 10.5. The standard InChI is InChI=1S/C15H14FNO2/c1-2-12-11(5-6-18-12)15(17)14-8-9-7-10(16)3-4-13(9)19-14/h3-8,15H,2,17H2,1H3. The number of furan rings is 2. The van der Waals surface area contributed by atoms with E-state index in [1.807, 2.05) is 13.0 Å². The molecule has 4 heteroatoms. The van der Waals surface area contributed by atoms with Gasteiger partial charge in [-0.25, -0.2) is 4.39 Å². The molecular formula is C15H14FNO2. The first-order valence-corrected chi connectivity index (χ1v) is 6.20. The van der Waals surface area contributed by atoms with Crippen LogP contribution in [0.25, 0.3) is 11.0 Å². The second-order valence-electron chi connectivity index (χ2n) is 4.46. The van der Waals surface area contributed by atoms with Gasteiger partial charge in [0.05, 0.1) is 12.3 Å². The topological polar surface area (TPSA) is 52.3 Å². The van der Waals surface area contributed by atoms with E-state index < -0.39 is 6.04 Å². The van der Waals surface area contributed by atoms with Crippen LogP contribution in [0.3, 0.4) is 0 Å². The zero-order valence-corrected chi connectivity index (χ0v) is 10.5. The molecule has 1 aromatic carbocycles. The third kappa shape index (κ3) is 2.04. The van der Waals surface area contributed by atoms with Gasteiger partial charge in [-0.05, 0) is 30.3 Å². The van der Waals surface area contributed by atoms with Crippen molar-refractivity contribution in [1.29, 1.82) is 0 Å². The molecule has 0 aliphatic carbocycles. The summed E-state index contributed by atoms with van der Waals surface area (Å²) < 4.78 is 24.2. The predicted molar refractivity (Wildman–Crippen MR) is 70.3 cm³/mol. The Morgan fingerprint density at radius 2 is 2.11 bits per heavy atom. The van der Waals surface area contributed by atoms with Crippen molar-refractivity contribution in [2.45, 2.75) is 19.4 Å². The summed E-state index contributed by atoms with van der Waals surface area (Å²) in [5.41, 5.74) is 7.73. The molecule has 0 amide bonds. The fraction of sp³-hybridized carbons (Fsp3) is 0.200. The summed E-state index contributed by atoms with van der Waals surface area (Å²) in [5, 5.41) is 0.715. The molecule has 0 bridgehead atoms. The van der Waals surface area contributed by atoms with E-state index in [9.17, 15) is 4.39 Å². The van der Waals surface area contributed by atoms with Crippen LogP contribution in [0.5, 0.6) is 0 Å². The summed E-state index contributed by atoms with van der Waals surface area (Å²) in [6, 6.07) is 7.63. The molecule has 19 heavy (non-hydrogen) atoms. The lowest BCUT2D eigenvalue weighted by Crippen LogP contribution is -2.11. The van der Waals surface area contributed by atoms with Crippen molar-refractivity contribution >= 4 is 11.0 Å². The highest BCUT2D eigenvalue weighted by molar-refractivity contribution is 5.78. The fourth-order valence-electron chi connectivity index (χ4n) is 2.26. The number of hydrogen-bond acceptors (Lipinski definition) is 3. The Hall–Kier alpha value is -2.07. The highest BCUT2D eigenvalue weighted by atomic mass is 19.1. The molecule has 0 spiro atoms. The second-order valence-corrected chi connectivity index (χ2v) is 4.46. The lowest BCUT2D eigenvalue weighted by molar-refractivity contribution is 0.493. The molecule has 2 heterocycles. The van der Waals surface area contributed by atoms with E-state index in [4.69, 9.17) is 14.6 Å². The number of aryl methyl sites for hydroxylation is 1. The average Bonchev–Trinajstić information content (AvgIpc) is 3.03. The van der Waals surface area contributed by atoms with Crippen molar-refractivity contribution in [3.05, 3.63) is 59.5 Å². The number of fused-ring (bicyclic) bond motifs is 1. The van der Waals surface area contributed by atoms with E-state index in [1.54, 1.807) is 18.4 Å². The number of halogens is 1. The monoisotopic (exact) mass is 259 g/mol. The van der Waals surface area contributed by atoms with Crippen molar-refractivity contribution in [3.63, 3.8) is 0 Å². The SMILES string of the molecule is CCc1occc1C(N)c1cc2cc(F)ccc2o1. The predicted octanol–water partition coefficient (Wildman–Crippen LogP) is 3.78. The lowest BCUT2D eigenvalue weighted by atomic mass is 10.0. The van der Waals surface area contributed by atoms with Crippen molar-refractivity contribution in [2.24, 2.45) is 5.73 Å². The molecule has 98 valence electrons. The molecule has 0 fully saturated rings. The van der Waals surface area contributed by atoms with Gasteiger partial charge >= 0.3 is 0 Å². The van der Waals surface area contributed by atoms with Gasteiger partial charge in [0.2, 0.25) is 0 Å². The van der Waals surface area contributed by atoms with Crippen molar-refractivity contribution in [2.75, 3.05) is 0 Å². The minimum atomic E-state index is -0.399. The summed E-state index contributed by atoms with van der Waals surface area (Å²) in [7, 11) is 0. The Labute approximate surface area is 109 Å². The Morgan fingerprint density at radius 3 is 2.89 bits per heavy atom. The molecule has 0 aliphatic heterocycles. The maximum absolute atomic E-state index is 13.2. The minimum Gasteiger partial charge on any atom is -0.469 e. The van der Waals surface area contributed by atoms with Crippen LogP contribution in [0, 0.1) is 5.82 Å². The first-order valence-electron chi connectivity index (χ1n) is 6.20. The van der Waals surface area contributed by atoms with Crippen molar-refractivity contribution < 1.29 is 13.2 Å². The third-order valence-corrected chi connectivity index (χ3v) is 3.24. The van der Waals surface area contributed by atoms with Crippen LogP contribution in [0.15, 0.2) is 45.4 Å². The Kier molecular flexibility index (Phi) is 2.87. The van der Waals surface area contributed by atoms with Gasteiger partial charge in [-0.2, -0.15) is 0 Å². The number of nitrogens with two attached hydrogens (primary N) is 1. The Bertz CT molecular complexity index is 714. The molecular weight excluding hydrogens is 245 g/mol. The van der Waals surface area contributed by atoms with Gasteiger partial charge in [-0.1, -0.05) is 6.92 Å². The van der Waals surface area contributed by atoms with Gasteiger partial charge in [0.1, 0.15) is 22.9 Å². The summed E-state index contributed by atoms with van der Waals surface area (Å²) in [6.07, 6.45) is 2.39. The van der Waals surface area contributed by atoms with Crippen molar-refractivity contribution in [3.8, 4) is 0 Å². The molecule has 1 unspecified atom stereocenters. The molecule has 2 N–H and O–H groups in total. The molecule has 2 aromatic heterocycles. The largest absolute Gasteiger partial charge is 0.469 e. The van der Waals surface area contributed by atoms with Crippen molar-refractivity contribution in [1.82, 2.24) is 0 Å². The van der Waals surface area contributed by atoms with E-state index >= 15 is 0 Å². The van der Waals surface area contributed by atoms with Crippen LogP contribution in [0.4, 0.5) is 4.39 Å². The highest BCUT2D eigenvalue weighted by Gasteiger charge is 2.19. The van der Waals surface area contributed by atoms with Gasteiger partial charge in [-0.3, -0.25) is 0 Å². The molecule has 3 rings (SSSR count). The number of rotatable bonds is 3. The Morgan fingerprint density at radius 1 is 1.26 bits per heavy atom. The van der Waals surface area contributed by atoms with E-state index in [-0.39, 0.29) is 5.82 Å². The van der Waals surface area contributed by atoms with Gasteiger partial charge < -0.3 is 14.6 Å². The molecule has 3 aromatic rings. The minimum absolute atomic E-state index is 0.286. The summed E-state index contributed by atoms with van der Waals surface area (Å²) >= 11 is 0. The van der Waals surface area contributed by atoms with Crippen LogP contribution in [-0.4, -0.2) is 0 Å². The summed E-state index contributed by atoms with van der Waals surface area (Å²) in [5.74, 6) is 1.17. The fourth-order valence-corrected chi connectivity index (χ4v) is 2.26.